The van der Waals surface area contributed by atoms with Gasteiger partial charge in [0.15, 0.2) is 0 Å². The Morgan fingerprint density at radius 1 is 0.947 bits per heavy atom. The molecule has 0 spiro atoms. The lowest BCUT2D eigenvalue weighted by Gasteiger charge is -2.42. The molecule has 0 atom stereocenters. The van der Waals surface area contributed by atoms with Gasteiger partial charge in [0.05, 0.1) is 0 Å². The Balaban J connectivity index is 3.24. The zero-order valence-electron chi connectivity index (χ0n) is 13.3. The van der Waals surface area contributed by atoms with Crippen molar-refractivity contribution in [1.29, 1.82) is 0 Å². The summed E-state index contributed by atoms with van der Waals surface area (Å²) in [5, 5.41) is 0. The molecular weight excluding hydrogens is 268 g/mol. The Hall–Kier alpha value is -0.413. The SMILES string of the molecule is Cc1ccc(S)cc1O[Si](C(C)C)(C(C)C)C(C)C. The van der Waals surface area contributed by atoms with E-state index >= 15 is 0 Å². The van der Waals surface area contributed by atoms with Crippen molar-refractivity contribution in [2.75, 3.05) is 0 Å². The molecule has 0 radical (unpaired) electrons. The average Bonchev–Trinajstić information content (AvgIpc) is 2.28. The van der Waals surface area contributed by atoms with Crippen LogP contribution in [0.15, 0.2) is 23.1 Å². The van der Waals surface area contributed by atoms with Crippen LogP contribution in [0.3, 0.4) is 0 Å². The molecule has 0 heterocycles. The minimum atomic E-state index is -1.86. The topological polar surface area (TPSA) is 9.23 Å². The molecule has 1 aromatic rings. The predicted octanol–water partition coefficient (Wildman–Crippen LogP) is 5.84. The first-order chi connectivity index (χ1) is 8.71. The number of thiol groups is 1. The van der Waals surface area contributed by atoms with Gasteiger partial charge in [0.2, 0.25) is 0 Å². The van der Waals surface area contributed by atoms with Crippen molar-refractivity contribution in [2.45, 2.75) is 70.0 Å². The third-order valence-corrected chi connectivity index (χ3v) is 10.4. The van der Waals surface area contributed by atoms with E-state index < -0.39 is 8.32 Å². The van der Waals surface area contributed by atoms with Gasteiger partial charge in [-0.15, -0.1) is 12.6 Å². The molecule has 3 heteroatoms. The standard InChI is InChI=1S/C16H28OSSi/c1-11(2)19(12(3)4,13(5)6)17-16-10-15(18)9-8-14(16)7/h8-13,18H,1-7H3. The Bertz CT molecular complexity index is 405. The molecule has 0 unspecified atom stereocenters. The van der Waals surface area contributed by atoms with Crippen molar-refractivity contribution in [2.24, 2.45) is 0 Å². The van der Waals surface area contributed by atoms with Gasteiger partial charge in [-0.3, -0.25) is 0 Å². The van der Waals surface area contributed by atoms with Gasteiger partial charge in [-0.05, 0) is 41.2 Å². The normalized spacial score (nSPS) is 12.6. The zero-order valence-corrected chi connectivity index (χ0v) is 15.2. The fourth-order valence-corrected chi connectivity index (χ4v) is 8.74. The summed E-state index contributed by atoms with van der Waals surface area (Å²) in [7, 11) is -1.86. The fourth-order valence-electron chi connectivity index (χ4n) is 3.24. The van der Waals surface area contributed by atoms with Crippen molar-refractivity contribution in [3.63, 3.8) is 0 Å². The Morgan fingerprint density at radius 3 is 1.84 bits per heavy atom. The number of hydrogen-bond donors (Lipinski definition) is 1. The molecular formula is C16H28OSSi. The Morgan fingerprint density at radius 2 is 1.42 bits per heavy atom. The third-order valence-electron chi connectivity index (χ3n) is 4.17. The minimum absolute atomic E-state index is 0.593. The first-order valence-electron chi connectivity index (χ1n) is 7.20. The van der Waals surface area contributed by atoms with Crippen molar-refractivity contribution in [3.05, 3.63) is 23.8 Å². The van der Waals surface area contributed by atoms with Gasteiger partial charge in [-0.2, -0.15) is 0 Å². The molecule has 0 bridgehead atoms. The average molecular weight is 297 g/mol. The maximum atomic E-state index is 6.69. The largest absolute Gasteiger partial charge is 0.542 e. The van der Waals surface area contributed by atoms with Gasteiger partial charge < -0.3 is 4.43 Å². The molecule has 108 valence electrons. The van der Waals surface area contributed by atoms with Crippen LogP contribution < -0.4 is 4.43 Å². The van der Waals surface area contributed by atoms with Crippen LogP contribution in [0.4, 0.5) is 0 Å². The summed E-state index contributed by atoms with van der Waals surface area (Å²) in [5.74, 6) is 1.02. The van der Waals surface area contributed by atoms with E-state index in [2.05, 4.69) is 73.2 Å². The van der Waals surface area contributed by atoms with E-state index in [4.69, 9.17) is 4.43 Å². The van der Waals surface area contributed by atoms with Crippen LogP contribution >= 0.6 is 12.6 Å². The highest BCUT2D eigenvalue weighted by Crippen LogP contribution is 2.43. The number of benzene rings is 1. The van der Waals surface area contributed by atoms with Crippen molar-refractivity contribution in [1.82, 2.24) is 0 Å². The Labute approximate surface area is 125 Å². The fraction of sp³-hybridized carbons (Fsp3) is 0.625. The van der Waals surface area contributed by atoms with Crippen molar-refractivity contribution >= 4 is 20.9 Å². The lowest BCUT2D eigenvalue weighted by molar-refractivity contribution is 0.476. The molecule has 0 N–H and O–H groups in total. The molecule has 1 rings (SSSR count). The maximum absolute atomic E-state index is 6.69. The smallest absolute Gasteiger partial charge is 0.258 e. The summed E-state index contributed by atoms with van der Waals surface area (Å²) in [4.78, 5) is 0.972. The highest BCUT2D eigenvalue weighted by Gasteiger charge is 2.47. The summed E-state index contributed by atoms with van der Waals surface area (Å²) in [6, 6.07) is 6.18. The van der Waals surface area contributed by atoms with Crippen LogP contribution in [0.1, 0.15) is 47.1 Å². The summed E-state index contributed by atoms with van der Waals surface area (Å²) >= 11 is 4.44. The lowest BCUT2D eigenvalue weighted by atomic mass is 10.2. The van der Waals surface area contributed by atoms with Crippen LogP contribution in [0.25, 0.3) is 0 Å². The van der Waals surface area contributed by atoms with Crippen molar-refractivity contribution in [3.8, 4) is 5.75 Å². The summed E-state index contributed by atoms with van der Waals surface area (Å²) < 4.78 is 6.69. The maximum Gasteiger partial charge on any atom is 0.258 e. The van der Waals surface area contributed by atoms with Crippen LogP contribution in [0.2, 0.25) is 16.6 Å². The molecule has 1 aromatic carbocycles. The van der Waals surface area contributed by atoms with Crippen LogP contribution in [-0.2, 0) is 0 Å². The number of rotatable bonds is 5. The first-order valence-corrected chi connectivity index (χ1v) is 9.79. The molecule has 0 amide bonds. The van der Waals surface area contributed by atoms with Gasteiger partial charge in [0, 0.05) is 4.90 Å². The lowest BCUT2D eigenvalue weighted by Crippen LogP contribution is -2.50. The third kappa shape index (κ3) is 3.37. The molecule has 0 aromatic heterocycles. The summed E-state index contributed by atoms with van der Waals surface area (Å²) in [6.45, 7) is 16.0. The molecule has 0 saturated carbocycles. The highest BCUT2D eigenvalue weighted by atomic mass is 32.1. The molecule has 0 aliphatic heterocycles. The van der Waals surface area contributed by atoms with Crippen molar-refractivity contribution < 1.29 is 4.43 Å². The van der Waals surface area contributed by atoms with Gasteiger partial charge >= 0.3 is 0 Å². The van der Waals surface area contributed by atoms with Crippen LogP contribution in [0, 0.1) is 6.92 Å². The second kappa shape index (κ2) is 6.36. The van der Waals surface area contributed by atoms with Gasteiger partial charge in [0.1, 0.15) is 5.75 Å². The predicted molar refractivity (Wildman–Crippen MR) is 90.1 cm³/mol. The van der Waals surface area contributed by atoms with E-state index in [0.717, 1.165) is 10.6 Å². The molecule has 19 heavy (non-hydrogen) atoms. The first kappa shape index (κ1) is 16.6. The minimum Gasteiger partial charge on any atom is -0.542 e. The van der Waals surface area contributed by atoms with E-state index in [9.17, 15) is 0 Å². The van der Waals surface area contributed by atoms with E-state index in [-0.39, 0.29) is 0 Å². The highest BCUT2D eigenvalue weighted by molar-refractivity contribution is 7.80. The van der Waals surface area contributed by atoms with Gasteiger partial charge in [-0.1, -0.05) is 47.6 Å². The van der Waals surface area contributed by atoms with Gasteiger partial charge in [0.25, 0.3) is 8.32 Å². The zero-order chi connectivity index (χ0) is 14.8. The van der Waals surface area contributed by atoms with Crippen LogP contribution in [0.5, 0.6) is 5.75 Å². The van der Waals surface area contributed by atoms with E-state index in [1.54, 1.807) is 0 Å². The quantitative estimate of drug-likeness (QED) is 0.530. The second-order valence-corrected chi connectivity index (χ2v) is 12.3. The molecule has 0 aliphatic rings. The Kier molecular flexibility index (Phi) is 5.57. The number of aryl methyl sites for hydroxylation is 1. The molecule has 0 fully saturated rings. The summed E-state index contributed by atoms with van der Waals surface area (Å²) in [5.41, 5.74) is 2.98. The van der Waals surface area contributed by atoms with E-state index in [1.807, 2.05) is 6.07 Å². The molecule has 0 saturated heterocycles. The molecule has 0 aliphatic carbocycles. The van der Waals surface area contributed by atoms with E-state index in [0.29, 0.717) is 16.6 Å². The van der Waals surface area contributed by atoms with Crippen LogP contribution in [-0.4, -0.2) is 8.32 Å². The van der Waals surface area contributed by atoms with E-state index in [1.165, 1.54) is 5.56 Å². The monoisotopic (exact) mass is 296 g/mol. The summed E-state index contributed by atoms with van der Waals surface area (Å²) in [6.07, 6.45) is 0. The molecule has 1 nitrogen and oxygen atoms in total. The number of hydrogen-bond acceptors (Lipinski definition) is 2. The second-order valence-electron chi connectivity index (χ2n) is 6.37. The van der Waals surface area contributed by atoms with Gasteiger partial charge in [-0.25, -0.2) is 0 Å².